The van der Waals surface area contributed by atoms with E-state index in [4.69, 9.17) is 22.7 Å². The lowest BCUT2D eigenvalue weighted by Crippen LogP contribution is -2.33. The molecule has 0 amide bonds. The third-order valence-electron chi connectivity index (χ3n) is 3.41. The quantitative estimate of drug-likeness (QED) is 0.853. The van der Waals surface area contributed by atoms with Crippen LogP contribution >= 0.6 is 28.1 Å². The van der Waals surface area contributed by atoms with Gasteiger partial charge in [0.05, 0.1) is 6.10 Å². The number of likely N-dealkylation sites (N-methyl/N-ethyl adjacent to an activating group) is 1. The number of nitrogens with zero attached hydrogens (tertiary/aromatic N) is 1. The molecule has 0 aromatic heterocycles. The van der Waals surface area contributed by atoms with Gasteiger partial charge in [-0.2, -0.15) is 0 Å². The van der Waals surface area contributed by atoms with Crippen LogP contribution in [0.5, 0.6) is 0 Å². The largest absolute Gasteiger partial charge is 0.389 e. The Bertz CT molecular complexity index is 461. The molecule has 1 heterocycles. The van der Waals surface area contributed by atoms with E-state index in [1.54, 1.807) is 0 Å². The summed E-state index contributed by atoms with van der Waals surface area (Å²) >= 11 is 8.52. The third-order valence-corrected chi connectivity index (χ3v) is 4.29. The molecular formula is C14H19BrN2OS. The van der Waals surface area contributed by atoms with Gasteiger partial charge < -0.3 is 15.4 Å². The van der Waals surface area contributed by atoms with Crippen molar-refractivity contribution in [1.82, 2.24) is 0 Å². The molecule has 1 fully saturated rings. The second-order valence-electron chi connectivity index (χ2n) is 4.90. The van der Waals surface area contributed by atoms with Crippen LogP contribution in [0.4, 0.5) is 5.69 Å². The van der Waals surface area contributed by atoms with Gasteiger partial charge in [0.1, 0.15) is 4.99 Å². The first-order chi connectivity index (χ1) is 9.08. The fourth-order valence-corrected chi connectivity index (χ4v) is 3.19. The number of hydrogen-bond acceptors (Lipinski definition) is 3. The van der Waals surface area contributed by atoms with Gasteiger partial charge in [0.2, 0.25) is 0 Å². The Hall–Kier alpha value is -0.650. The van der Waals surface area contributed by atoms with Gasteiger partial charge in [-0.3, -0.25) is 0 Å². The molecule has 1 aliphatic heterocycles. The summed E-state index contributed by atoms with van der Waals surface area (Å²) in [6, 6.07) is 6.05. The SMILES string of the molecule is CN(CC1CCCCO1)c1ccc(C(N)=S)c(Br)c1. The fourth-order valence-electron chi connectivity index (χ4n) is 2.30. The summed E-state index contributed by atoms with van der Waals surface area (Å²) in [6.07, 6.45) is 3.95. The zero-order valence-electron chi connectivity index (χ0n) is 11.1. The molecule has 0 bridgehead atoms. The molecule has 1 saturated heterocycles. The molecule has 1 aliphatic rings. The molecule has 19 heavy (non-hydrogen) atoms. The van der Waals surface area contributed by atoms with Crippen LogP contribution in [0.3, 0.4) is 0 Å². The van der Waals surface area contributed by atoms with Crippen LogP contribution in [0.2, 0.25) is 0 Å². The van der Waals surface area contributed by atoms with Gasteiger partial charge in [0, 0.05) is 35.9 Å². The van der Waals surface area contributed by atoms with Crippen molar-refractivity contribution in [2.75, 3.05) is 25.1 Å². The molecule has 0 aliphatic carbocycles. The Morgan fingerprint density at radius 3 is 2.89 bits per heavy atom. The highest BCUT2D eigenvalue weighted by molar-refractivity contribution is 9.10. The summed E-state index contributed by atoms with van der Waals surface area (Å²) in [5.74, 6) is 0. The van der Waals surface area contributed by atoms with E-state index >= 15 is 0 Å². The minimum atomic E-state index is 0.341. The first-order valence-electron chi connectivity index (χ1n) is 6.50. The molecule has 2 N–H and O–H groups in total. The molecule has 0 radical (unpaired) electrons. The third kappa shape index (κ3) is 3.91. The molecule has 1 aromatic carbocycles. The normalized spacial score (nSPS) is 19.2. The van der Waals surface area contributed by atoms with Crippen molar-refractivity contribution >= 4 is 38.8 Å². The van der Waals surface area contributed by atoms with Crippen molar-refractivity contribution in [3.8, 4) is 0 Å². The van der Waals surface area contributed by atoms with E-state index in [9.17, 15) is 0 Å². The minimum absolute atomic E-state index is 0.341. The van der Waals surface area contributed by atoms with Crippen molar-refractivity contribution < 1.29 is 4.74 Å². The monoisotopic (exact) mass is 342 g/mol. The Morgan fingerprint density at radius 1 is 1.53 bits per heavy atom. The smallest absolute Gasteiger partial charge is 0.105 e. The average Bonchev–Trinajstić information content (AvgIpc) is 2.39. The average molecular weight is 343 g/mol. The van der Waals surface area contributed by atoms with E-state index in [0.717, 1.165) is 35.3 Å². The van der Waals surface area contributed by atoms with Crippen LogP contribution in [0.25, 0.3) is 0 Å². The molecule has 3 nitrogen and oxygen atoms in total. The highest BCUT2D eigenvalue weighted by Crippen LogP contribution is 2.24. The minimum Gasteiger partial charge on any atom is -0.389 e. The van der Waals surface area contributed by atoms with E-state index in [0.29, 0.717) is 11.1 Å². The Kier molecular flexibility index (Phi) is 5.19. The van der Waals surface area contributed by atoms with Crippen LogP contribution in [-0.2, 0) is 4.74 Å². The Morgan fingerprint density at radius 2 is 2.32 bits per heavy atom. The van der Waals surface area contributed by atoms with E-state index in [-0.39, 0.29) is 0 Å². The Balaban J connectivity index is 2.04. The molecule has 5 heteroatoms. The van der Waals surface area contributed by atoms with Crippen LogP contribution in [0.15, 0.2) is 22.7 Å². The van der Waals surface area contributed by atoms with E-state index in [1.165, 1.54) is 12.8 Å². The zero-order valence-corrected chi connectivity index (χ0v) is 13.5. The lowest BCUT2D eigenvalue weighted by atomic mass is 10.1. The first-order valence-corrected chi connectivity index (χ1v) is 7.70. The summed E-state index contributed by atoms with van der Waals surface area (Å²) in [7, 11) is 2.08. The second kappa shape index (κ2) is 6.68. The summed E-state index contributed by atoms with van der Waals surface area (Å²) in [5.41, 5.74) is 7.67. The molecule has 1 atom stereocenters. The molecular weight excluding hydrogens is 324 g/mol. The topological polar surface area (TPSA) is 38.5 Å². The van der Waals surface area contributed by atoms with Gasteiger partial charge in [0.25, 0.3) is 0 Å². The maximum Gasteiger partial charge on any atom is 0.105 e. The van der Waals surface area contributed by atoms with Crippen molar-refractivity contribution in [1.29, 1.82) is 0 Å². The van der Waals surface area contributed by atoms with E-state index in [1.807, 2.05) is 12.1 Å². The highest BCUT2D eigenvalue weighted by Gasteiger charge is 2.16. The zero-order chi connectivity index (χ0) is 13.8. The van der Waals surface area contributed by atoms with Gasteiger partial charge in [0.15, 0.2) is 0 Å². The molecule has 1 aromatic rings. The molecule has 2 rings (SSSR count). The Labute approximate surface area is 128 Å². The molecule has 0 spiro atoms. The number of halogens is 1. The van der Waals surface area contributed by atoms with Gasteiger partial charge in [-0.15, -0.1) is 0 Å². The van der Waals surface area contributed by atoms with E-state index in [2.05, 4.69) is 33.9 Å². The highest BCUT2D eigenvalue weighted by atomic mass is 79.9. The van der Waals surface area contributed by atoms with Crippen LogP contribution in [0.1, 0.15) is 24.8 Å². The van der Waals surface area contributed by atoms with Gasteiger partial charge in [-0.05, 0) is 53.4 Å². The van der Waals surface area contributed by atoms with Crippen LogP contribution in [-0.4, -0.2) is 31.3 Å². The molecule has 1 unspecified atom stereocenters. The standard InChI is InChI=1S/C14H19BrN2OS/c1-17(9-11-4-2-3-7-18-11)10-5-6-12(14(16)19)13(15)8-10/h5-6,8,11H,2-4,7,9H2,1H3,(H2,16,19). The van der Waals surface area contributed by atoms with Gasteiger partial charge in [-0.1, -0.05) is 12.2 Å². The number of ether oxygens (including phenoxy) is 1. The van der Waals surface area contributed by atoms with Gasteiger partial charge >= 0.3 is 0 Å². The number of anilines is 1. The predicted octanol–water partition coefficient (Wildman–Crippen LogP) is 3.09. The van der Waals surface area contributed by atoms with E-state index < -0.39 is 0 Å². The lowest BCUT2D eigenvalue weighted by Gasteiger charge is -2.29. The first kappa shape index (κ1) is 14.8. The summed E-state index contributed by atoms with van der Waals surface area (Å²) in [4.78, 5) is 2.63. The number of benzene rings is 1. The summed E-state index contributed by atoms with van der Waals surface area (Å²) < 4.78 is 6.71. The number of thiocarbonyl (C=S) groups is 1. The van der Waals surface area contributed by atoms with Gasteiger partial charge in [-0.25, -0.2) is 0 Å². The second-order valence-corrected chi connectivity index (χ2v) is 6.19. The van der Waals surface area contributed by atoms with Crippen molar-refractivity contribution in [3.05, 3.63) is 28.2 Å². The van der Waals surface area contributed by atoms with Crippen LogP contribution < -0.4 is 10.6 Å². The van der Waals surface area contributed by atoms with Crippen molar-refractivity contribution in [3.63, 3.8) is 0 Å². The summed E-state index contributed by atoms with van der Waals surface area (Å²) in [6.45, 7) is 1.81. The molecule has 104 valence electrons. The predicted molar refractivity (Wildman–Crippen MR) is 86.9 cm³/mol. The maximum absolute atomic E-state index is 5.77. The number of nitrogens with two attached hydrogens (primary N) is 1. The van der Waals surface area contributed by atoms with Crippen LogP contribution in [0, 0.1) is 0 Å². The summed E-state index contributed by atoms with van der Waals surface area (Å²) in [5, 5.41) is 0. The van der Waals surface area contributed by atoms with Crippen molar-refractivity contribution in [2.24, 2.45) is 5.73 Å². The number of hydrogen-bond donors (Lipinski definition) is 1. The molecule has 0 saturated carbocycles. The number of rotatable bonds is 4. The maximum atomic E-state index is 5.77. The fraction of sp³-hybridized carbons (Fsp3) is 0.500. The lowest BCUT2D eigenvalue weighted by molar-refractivity contribution is 0.0216. The van der Waals surface area contributed by atoms with Crippen molar-refractivity contribution in [2.45, 2.75) is 25.4 Å².